The third-order valence-electron chi connectivity index (χ3n) is 5.66. The van der Waals surface area contributed by atoms with Gasteiger partial charge in [0.2, 0.25) is 5.43 Å². The number of carbonyl (C=O) groups is 1. The average Bonchev–Trinajstić information content (AvgIpc) is 2.72. The molecule has 9 nitrogen and oxygen atoms in total. The number of ether oxygens (including phenoxy) is 1. The number of nitrogens with zero attached hydrogens (tertiary/aromatic N) is 3. The summed E-state index contributed by atoms with van der Waals surface area (Å²) in [6.07, 6.45) is 1.78. The molecule has 1 aromatic heterocycles. The molecule has 10 heteroatoms. The third-order valence-corrected chi connectivity index (χ3v) is 5.66. The molecular formula is C22H29FN4O5. The van der Waals surface area contributed by atoms with Crippen LogP contribution >= 0.6 is 0 Å². The summed E-state index contributed by atoms with van der Waals surface area (Å²) in [7, 11) is 1.53. The van der Waals surface area contributed by atoms with Gasteiger partial charge in [-0.25, -0.2) is 9.18 Å². The van der Waals surface area contributed by atoms with Gasteiger partial charge in [0, 0.05) is 38.2 Å². The van der Waals surface area contributed by atoms with E-state index in [1.165, 1.54) is 13.3 Å². The first-order valence-electron chi connectivity index (χ1n) is 10.4. The van der Waals surface area contributed by atoms with E-state index in [0.29, 0.717) is 37.3 Å². The van der Waals surface area contributed by atoms with Crippen LogP contribution in [0.3, 0.4) is 0 Å². The van der Waals surface area contributed by atoms with Crippen molar-refractivity contribution in [2.75, 3.05) is 38.3 Å². The van der Waals surface area contributed by atoms with Crippen LogP contribution in [-0.4, -0.2) is 60.3 Å². The van der Waals surface area contributed by atoms with Crippen molar-refractivity contribution in [2.24, 2.45) is 10.9 Å². The lowest BCUT2D eigenvalue weighted by Crippen LogP contribution is -2.58. The third kappa shape index (κ3) is 4.46. The van der Waals surface area contributed by atoms with Crippen molar-refractivity contribution in [2.45, 2.75) is 38.8 Å². The monoisotopic (exact) mass is 448 g/mol. The highest BCUT2D eigenvalue weighted by Gasteiger charge is 2.35. The molecule has 3 rings (SSSR count). The molecule has 1 unspecified atom stereocenters. The molecule has 1 aliphatic rings. The second-order valence-electron chi connectivity index (χ2n) is 8.25. The van der Waals surface area contributed by atoms with Gasteiger partial charge < -0.3 is 29.9 Å². The number of nitrogens with two attached hydrogens (primary N) is 1. The van der Waals surface area contributed by atoms with Gasteiger partial charge in [0.15, 0.2) is 0 Å². The smallest absolute Gasteiger partial charge is 0.341 e. The van der Waals surface area contributed by atoms with Gasteiger partial charge in [-0.2, -0.15) is 0 Å². The van der Waals surface area contributed by atoms with Crippen LogP contribution in [0.4, 0.5) is 10.1 Å². The van der Waals surface area contributed by atoms with Gasteiger partial charge in [0.1, 0.15) is 18.0 Å². The Kier molecular flexibility index (Phi) is 6.85. The molecule has 0 spiro atoms. The van der Waals surface area contributed by atoms with Gasteiger partial charge in [0.05, 0.1) is 35.1 Å². The Labute approximate surface area is 185 Å². The van der Waals surface area contributed by atoms with Crippen LogP contribution in [-0.2, 0) is 9.57 Å². The molecule has 1 fully saturated rings. The lowest BCUT2D eigenvalue weighted by molar-refractivity contribution is 0.0694. The van der Waals surface area contributed by atoms with Crippen molar-refractivity contribution in [1.82, 2.24) is 4.57 Å². The van der Waals surface area contributed by atoms with Crippen LogP contribution in [0.2, 0.25) is 0 Å². The Bertz CT molecular complexity index is 1110. The van der Waals surface area contributed by atoms with Crippen LogP contribution in [0.5, 0.6) is 0 Å². The number of carboxylic acids is 1. The summed E-state index contributed by atoms with van der Waals surface area (Å²) in [4.78, 5) is 31.3. The number of halogens is 1. The van der Waals surface area contributed by atoms with E-state index in [1.54, 1.807) is 15.5 Å². The Balaban J connectivity index is 2.13. The molecule has 2 atom stereocenters. The Morgan fingerprint density at radius 1 is 1.44 bits per heavy atom. The minimum Gasteiger partial charge on any atom is -0.477 e. The highest BCUT2D eigenvalue weighted by atomic mass is 19.1. The molecule has 2 heterocycles. The quantitative estimate of drug-likeness (QED) is 0.624. The van der Waals surface area contributed by atoms with Crippen LogP contribution in [0.15, 0.2) is 28.3 Å². The number of fused-ring (bicyclic) bond motifs is 1. The number of piperidine rings is 1. The van der Waals surface area contributed by atoms with E-state index in [1.807, 2.05) is 20.8 Å². The number of oxime groups is 1. The van der Waals surface area contributed by atoms with E-state index in [2.05, 4.69) is 5.16 Å². The van der Waals surface area contributed by atoms with Crippen molar-refractivity contribution in [3.05, 3.63) is 39.9 Å². The zero-order valence-electron chi connectivity index (χ0n) is 18.7. The fraction of sp³-hybridized carbons (Fsp3) is 0.500. The molecule has 0 saturated carbocycles. The van der Waals surface area contributed by atoms with Gasteiger partial charge in [0.25, 0.3) is 0 Å². The number of pyridine rings is 1. The van der Waals surface area contributed by atoms with Crippen LogP contribution in [0, 0.1) is 5.82 Å². The number of rotatable bonds is 7. The first kappa shape index (κ1) is 23.7. The molecule has 32 heavy (non-hydrogen) atoms. The molecule has 1 aliphatic heterocycles. The van der Waals surface area contributed by atoms with Crippen molar-refractivity contribution < 1.29 is 23.9 Å². The van der Waals surface area contributed by atoms with Gasteiger partial charge in [-0.15, -0.1) is 0 Å². The van der Waals surface area contributed by atoms with E-state index in [4.69, 9.17) is 15.3 Å². The van der Waals surface area contributed by atoms with Crippen LogP contribution < -0.4 is 16.1 Å². The highest BCUT2D eigenvalue weighted by Crippen LogP contribution is 2.30. The maximum Gasteiger partial charge on any atom is 0.341 e. The number of anilines is 1. The van der Waals surface area contributed by atoms with E-state index < -0.39 is 28.3 Å². The first-order chi connectivity index (χ1) is 15.1. The number of carboxylic acid groups (broad SMARTS) is 1. The van der Waals surface area contributed by atoms with E-state index >= 15 is 4.39 Å². The van der Waals surface area contributed by atoms with Gasteiger partial charge >= 0.3 is 5.97 Å². The summed E-state index contributed by atoms with van der Waals surface area (Å²) in [5.74, 6) is -1.99. The molecule has 3 N–H and O–H groups in total. The standard InChI is InChI=1S/C22H29FN4O5/c1-5-32-25-19-6-7-26(12-22(19,3)24)18-9-17-14(8-16(18)23)20(28)15(21(29)30)10-27(17)13(2)11-31-4/h8-10,13H,5-7,11-12,24H2,1-4H3,(H,29,30)/b25-19-/t13-,22?/m0/s1. The number of methoxy groups -OCH3 is 1. The fourth-order valence-electron chi connectivity index (χ4n) is 4.03. The maximum absolute atomic E-state index is 15.2. The second kappa shape index (κ2) is 9.25. The molecule has 1 saturated heterocycles. The van der Waals surface area contributed by atoms with Crippen molar-refractivity contribution >= 4 is 28.3 Å². The van der Waals surface area contributed by atoms with Crippen LogP contribution in [0.1, 0.15) is 43.6 Å². The SMILES string of the molecule is CCO/N=C1/CCN(c2cc3c(cc2F)c(=O)c(C(=O)O)cn3[C@@H](C)COC)CC1(C)N. The zero-order chi connectivity index (χ0) is 23.6. The Morgan fingerprint density at radius 2 is 2.16 bits per heavy atom. The van der Waals surface area contributed by atoms with E-state index in [-0.39, 0.29) is 23.7 Å². The normalized spacial score (nSPS) is 21.2. The highest BCUT2D eigenvalue weighted by molar-refractivity contribution is 5.96. The molecule has 0 radical (unpaired) electrons. The molecule has 1 aromatic carbocycles. The van der Waals surface area contributed by atoms with Crippen molar-refractivity contribution in [3.63, 3.8) is 0 Å². The number of hydrogen-bond donors (Lipinski definition) is 2. The molecule has 0 aliphatic carbocycles. The summed E-state index contributed by atoms with van der Waals surface area (Å²) >= 11 is 0. The lowest BCUT2D eigenvalue weighted by Gasteiger charge is -2.40. The van der Waals surface area contributed by atoms with Gasteiger partial charge in [-0.3, -0.25) is 4.79 Å². The lowest BCUT2D eigenvalue weighted by atomic mass is 9.89. The van der Waals surface area contributed by atoms with Crippen molar-refractivity contribution in [1.29, 1.82) is 0 Å². The van der Waals surface area contributed by atoms with E-state index in [0.717, 1.165) is 6.07 Å². The Morgan fingerprint density at radius 3 is 2.75 bits per heavy atom. The predicted octanol–water partition coefficient (Wildman–Crippen LogP) is 2.37. The molecule has 0 bridgehead atoms. The largest absolute Gasteiger partial charge is 0.477 e. The Hall–Kier alpha value is -2.98. The number of benzene rings is 1. The maximum atomic E-state index is 15.2. The molecule has 2 aromatic rings. The minimum atomic E-state index is -1.37. The average molecular weight is 448 g/mol. The number of hydrogen-bond acceptors (Lipinski definition) is 7. The fourth-order valence-corrected chi connectivity index (χ4v) is 4.03. The molecular weight excluding hydrogens is 419 g/mol. The van der Waals surface area contributed by atoms with Gasteiger partial charge in [-0.05, 0) is 32.9 Å². The summed E-state index contributed by atoms with van der Waals surface area (Å²) < 4.78 is 22.0. The topological polar surface area (TPSA) is 119 Å². The summed E-state index contributed by atoms with van der Waals surface area (Å²) in [6, 6.07) is 2.39. The summed E-state index contributed by atoms with van der Waals surface area (Å²) in [5.41, 5.74) is 5.87. The molecule has 0 amide bonds. The van der Waals surface area contributed by atoms with Crippen LogP contribution in [0.25, 0.3) is 10.9 Å². The zero-order valence-corrected chi connectivity index (χ0v) is 18.7. The minimum absolute atomic E-state index is 0.000204. The number of aromatic carboxylic acids is 1. The predicted molar refractivity (Wildman–Crippen MR) is 120 cm³/mol. The number of aromatic nitrogens is 1. The van der Waals surface area contributed by atoms with E-state index in [9.17, 15) is 14.7 Å². The molecule has 174 valence electrons. The summed E-state index contributed by atoms with van der Waals surface area (Å²) in [5, 5.41) is 13.6. The second-order valence-corrected chi connectivity index (χ2v) is 8.25. The summed E-state index contributed by atoms with van der Waals surface area (Å²) in [6.45, 7) is 6.95. The van der Waals surface area contributed by atoms with Gasteiger partial charge in [-0.1, -0.05) is 5.16 Å². The van der Waals surface area contributed by atoms with Crippen molar-refractivity contribution in [3.8, 4) is 0 Å². The first-order valence-corrected chi connectivity index (χ1v) is 10.4.